The van der Waals surface area contributed by atoms with Gasteiger partial charge >= 0.3 is 0 Å². The predicted octanol–water partition coefficient (Wildman–Crippen LogP) is 3.32. The second-order valence-corrected chi connectivity index (χ2v) is 6.04. The normalized spacial score (nSPS) is 17.9. The zero-order valence-electron chi connectivity index (χ0n) is 12.5. The summed E-state index contributed by atoms with van der Waals surface area (Å²) in [6.45, 7) is 8.83. The van der Waals surface area contributed by atoms with Crippen LogP contribution in [0, 0.1) is 6.92 Å². The highest BCUT2D eigenvalue weighted by molar-refractivity contribution is 5.78. The third-order valence-corrected chi connectivity index (χ3v) is 4.08. The topological polar surface area (TPSA) is 28.4 Å². The van der Waals surface area contributed by atoms with Crippen LogP contribution in [0.3, 0.4) is 0 Å². The number of likely N-dealkylation sites (tertiary alicyclic amines) is 1. The molecular weight excluding hydrogens is 248 g/mol. The Bertz CT molecular complexity index is 569. The molecule has 1 saturated heterocycles. The number of aryl methyl sites for hydroxylation is 1. The molecule has 2 heterocycles. The van der Waals surface area contributed by atoms with Crippen molar-refractivity contribution >= 4 is 11.0 Å². The Labute approximate surface area is 120 Å². The molecular formula is C17H24N2O. The van der Waals surface area contributed by atoms with Crippen LogP contribution >= 0.6 is 0 Å². The Balaban J connectivity index is 1.56. The maximum atomic E-state index is 5.87. The van der Waals surface area contributed by atoms with Gasteiger partial charge in [0.1, 0.15) is 11.3 Å². The fourth-order valence-corrected chi connectivity index (χ4v) is 3.00. The second-order valence-electron chi connectivity index (χ2n) is 6.04. The zero-order valence-corrected chi connectivity index (χ0v) is 12.5. The van der Waals surface area contributed by atoms with E-state index in [9.17, 15) is 0 Å². The minimum atomic E-state index is 0.503. The molecule has 1 aromatic heterocycles. The minimum absolute atomic E-state index is 0.503. The number of nitrogens with one attached hydrogen (secondary N) is 1. The molecule has 1 aromatic carbocycles. The first-order valence-corrected chi connectivity index (χ1v) is 7.65. The highest BCUT2D eigenvalue weighted by Gasteiger charge is 2.14. The van der Waals surface area contributed by atoms with Gasteiger partial charge in [0.15, 0.2) is 0 Å². The van der Waals surface area contributed by atoms with Gasteiger partial charge in [0.2, 0.25) is 0 Å². The monoisotopic (exact) mass is 272 g/mol. The maximum Gasteiger partial charge on any atom is 0.134 e. The lowest BCUT2D eigenvalue weighted by Crippen LogP contribution is -2.37. The molecule has 3 rings (SSSR count). The number of fused-ring (bicyclic) bond motifs is 1. The lowest BCUT2D eigenvalue weighted by molar-refractivity contribution is 0.295. The molecule has 1 aliphatic rings. The van der Waals surface area contributed by atoms with E-state index in [0.29, 0.717) is 6.04 Å². The molecule has 3 nitrogen and oxygen atoms in total. The van der Waals surface area contributed by atoms with Crippen LogP contribution in [0.1, 0.15) is 31.1 Å². The lowest BCUT2D eigenvalue weighted by Gasteiger charge is -2.20. The van der Waals surface area contributed by atoms with E-state index in [4.69, 9.17) is 4.42 Å². The van der Waals surface area contributed by atoms with Gasteiger partial charge in [-0.1, -0.05) is 11.6 Å². The quantitative estimate of drug-likeness (QED) is 0.905. The van der Waals surface area contributed by atoms with E-state index in [1.807, 2.05) is 0 Å². The molecule has 0 amide bonds. The van der Waals surface area contributed by atoms with Crippen LogP contribution in [0.4, 0.5) is 0 Å². The number of benzene rings is 1. The van der Waals surface area contributed by atoms with Gasteiger partial charge in [0.25, 0.3) is 0 Å². The van der Waals surface area contributed by atoms with Crippen molar-refractivity contribution in [2.24, 2.45) is 0 Å². The summed E-state index contributed by atoms with van der Waals surface area (Å²) in [6.07, 6.45) is 2.71. The van der Waals surface area contributed by atoms with Crippen molar-refractivity contribution in [1.82, 2.24) is 10.2 Å². The zero-order chi connectivity index (χ0) is 13.9. The number of rotatable bonds is 5. The van der Waals surface area contributed by atoms with Crippen molar-refractivity contribution in [2.45, 2.75) is 39.3 Å². The fourth-order valence-electron chi connectivity index (χ4n) is 3.00. The summed E-state index contributed by atoms with van der Waals surface area (Å²) in [7, 11) is 0. The van der Waals surface area contributed by atoms with Gasteiger partial charge in [-0.05, 0) is 58.0 Å². The third-order valence-electron chi connectivity index (χ3n) is 4.08. The molecule has 1 N–H and O–H groups in total. The first kappa shape index (κ1) is 13.7. The molecule has 1 aliphatic heterocycles. The van der Waals surface area contributed by atoms with E-state index in [1.54, 1.807) is 0 Å². The number of furan rings is 1. The Hall–Kier alpha value is -1.32. The molecule has 0 radical (unpaired) electrons. The van der Waals surface area contributed by atoms with E-state index in [-0.39, 0.29) is 0 Å². The van der Waals surface area contributed by atoms with E-state index in [0.717, 1.165) is 24.4 Å². The van der Waals surface area contributed by atoms with Crippen LogP contribution in [0.2, 0.25) is 0 Å². The summed E-state index contributed by atoms with van der Waals surface area (Å²) in [5.41, 5.74) is 2.26. The van der Waals surface area contributed by atoms with Crippen molar-refractivity contribution in [3.63, 3.8) is 0 Å². The molecule has 1 fully saturated rings. The summed E-state index contributed by atoms with van der Waals surface area (Å²) >= 11 is 0. The Kier molecular flexibility index (Phi) is 4.08. The summed E-state index contributed by atoms with van der Waals surface area (Å²) < 4.78 is 5.87. The summed E-state index contributed by atoms with van der Waals surface area (Å²) in [6, 6.07) is 8.98. The Morgan fingerprint density at radius 3 is 2.85 bits per heavy atom. The SMILES string of the molecule is Cc1ccc2oc(CNC(C)CN3CCCC3)cc2c1. The second kappa shape index (κ2) is 5.98. The van der Waals surface area contributed by atoms with Crippen LogP contribution in [0.5, 0.6) is 0 Å². The standard InChI is InChI=1S/C17H24N2O/c1-13-5-6-17-15(9-13)10-16(20-17)11-18-14(2)12-19-7-3-4-8-19/h5-6,9-10,14,18H,3-4,7-8,11-12H2,1-2H3. The van der Waals surface area contributed by atoms with E-state index in [1.165, 1.54) is 36.9 Å². The summed E-state index contributed by atoms with van der Waals surface area (Å²) in [5.74, 6) is 1.03. The van der Waals surface area contributed by atoms with Gasteiger partial charge in [-0.15, -0.1) is 0 Å². The minimum Gasteiger partial charge on any atom is -0.460 e. The number of nitrogens with zero attached hydrogens (tertiary/aromatic N) is 1. The first-order chi connectivity index (χ1) is 9.70. The largest absolute Gasteiger partial charge is 0.460 e. The molecule has 0 spiro atoms. The van der Waals surface area contributed by atoms with Crippen molar-refractivity contribution in [3.05, 3.63) is 35.6 Å². The molecule has 0 bridgehead atoms. The van der Waals surface area contributed by atoms with Crippen LogP contribution in [0.25, 0.3) is 11.0 Å². The molecule has 3 heteroatoms. The average Bonchev–Trinajstić information content (AvgIpc) is 3.04. The molecule has 20 heavy (non-hydrogen) atoms. The number of hydrogen-bond acceptors (Lipinski definition) is 3. The van der Waals surface area contributed by atoms with Crippen molar-refractivity contribution in [2.75, 3.05) is 19.6 Å². The summed E-state index contributed by atoms with van der Waals surface area (Å²) in [5, 5.41) is 4.77. The van der Waals surface area contributed by atoms with Crippen LogP contribution in [-0.2, 0) is 6.54 Å². The molecule has 108 valence electrons. The fraction of sp³-hybridized carbons (Fsp3) is 0.529. The van der Waals surface area contributed by atoms with Crippen LogP contribution < -0.4 is 5.32 Å². The lowest BCUT2D eigenvalue weighted by atomic mass is 10.2. The van der Waals surface area contributed by atoms with E-state index in [2.05, 4.69) is 48.3 Å². The number of hydrogen-bond donors (Lipinski definition) is 1. The molecule has 1 atom stereocenters. The van der Waals surface area contributed by atoms with Gasteiger partial charge in [-0.3, -0.25) is 0 Å². The smallest absolute Gasteiger partial charge is 0.134 e. The van der Waals surface area contributed by atoms with Gasteiger partial charge in [0.05, 0.1) is 6.54 Å². The highest BCUT2D eigenvalue weighted by Crippen LogP contribution is 2.20. The van der Waals surface area contributed by atoms with Gasteiger partial charge in [-0.2, -0.15) is 0 Å². The highest BCUT2D eigenvalue weighted by atomic mass is 16.3. The maximum absolute atomic E-state index is 5.87. The van der Waals surface area contributed by atoms with Crippen LogP contribution in [-0.4, -0.2) is 30.6 Å². The third kappa shape index (κ3) is 3.22. The Morgan fingerprint density at radius 1 is 1.25 bits per heavy atom. The first-order valence-electron chi connectivity index (χ1n) is 7.65. The van der Waals surface area contributed by atoms with E-state index >= 15 is 0 Å². The van der Waals surface area contributed by atoms with Gasteiger partial charge in [0, 0.05) is 18.0 Å². The van der Waals surface area contributed by atoms with E-state index < -0.39 is 0 Å². The molecule has 2 aromatic rings. The predicted molar refractivity (Wildman–Crippen MR) is 82.9 cm³/mol. The molecule has 1 unspecified atom stereocenters. The average molecular weight is 272 g/mol. The van der Waals surface area contributed by atoms with Crippen molar-refractivity contribution in [3.8, 4) is 0 Å². The summed E-state index contributed by atoms with van der Waals surface area (Å²) in [4.78, 5) is 2.54. The van der Waals surface area contributed by atoms with Crippen molar-refractivity contribution < 1.29 is 4.42 Å². The van der Waals surface area contributed by atoms with Gasteiger partial charge in [-0.25, -0.2) is 0 Å². The molecule has 0 aliphatic carbocycles. The van der Waals surface area contributed by atoms with Crippen molar-refractivity contribution in [1.29, 1.82) is 0 Å². The van der Waals surface area contributed by atoms with Crippen LogP contribution in [0.15, 0.2) is 28.7 Å². The Morgan fingerprint density at radius 2 is 2.05 bits per heavy atom. The molecule has 0 saturated carbocycles. The van der Waals surface area contributed by atoms with Gasteiger partial charge < -0.3 is 14.6 Å².